The van der Waals surface area contributed by atoms with Crippen molar-refractivity contribution in [2.45, 2.75) is 25.9 Å². The molecule has 1 rings (SSSR count). The molecule has 112 valence electrons. The van der Waals surface area contributed by atoms with Crippen molar-refractivity contribution in [2.75, 3.05) is 27.3 Å². The standard InChI is InChI=1S/C15H22BrNO3/c1-11-8-12(4-6-14(11)16)5-7-15(19)17(2)9-13(18)10-20-3/h4,6,8,13,18H,5,7,9-10H2,1-3H3. The minimum Gasteiger partial charge on any atom is -0.389 e. The second-order valence-corrected chi connectivity index (χ2v) is 5.82. The topological polar surface area (TPSA) is 49.8 Å². The van der Waals surface area contributed by atoms with E-state index < -0.39 is 6.10 Å². The number of nitrogens with zero attached hydrogens (tertiary/aromatic N) is 1. The molecule has 20 heavy (non-hydrogen) atoms. The summed E-state index contributed by atoms with van der Waals surface area (Å²) in [4.78, 5) is 13.5. The minimum atomic E-state index is -0.635. The van der Waals surface area contributed by atoms with Crippen molar-refractivity contribution < 1.29 is 14.6 Å². The number of rotatable bonds is 7. The molecule has 0 spiro atoms. The van der Waals surface area contributed by atoms with E-state index in [0.717, 1.165) is 10.0 Å². The number of aliphatic hydroxyl groups excluding tert-OH is 1. The average molecular weight is 344 g/mol. The molecule has 5 heteroatoms. The highest BCUT2D eigenvalue weighted by atomic mass is 79.9. The van der Waals surface area contributed by atoms with E-state index in [1.165, 1.54) is 12.7 Å². The molecule has 1 aromatic carbocycles. The Morgan fingerprint density at radius 2 is 2.20 bits per heavy atom. The lowest BCUT2D eigenvalue weighted by Crippen LogP contribution is -2.36. The van der Waals surface area contributed by atoms with Gasteiger partial charge in [-0.3, -0.25) is 4.79 Å². The van der Waals surface area contributed by atoms with Crippen LogP contribution in [0, 0.1) is 6.92 Å². The predicted molar refractivity (Wildman–Crippen MR) is 82.7 cm³/mol. The third-order valence-electron chi connectivity index (χ3n) is 3.12. The highest BCUT2D eigenvalue weighted by Crippen LogP contribution is 2.18. The van der Waals surface area contributed by atoms with Crippen molar-refractivity contribution in [3.05, 3.63) is 33.8 Å². The van der Waals surface area contributed by atoms with Crippen LogP contribution in [0.25, 0.3) is 0 Å². The smallest absolute Gasteiger partial charge is 0.222 e. The summed E-state index contributed by atoms with van der Waals surface area (Å²) in [6.45, 7) is 2.57. The molecule has 0 aliphatic heterocycles. The van der Waals surface area contributed by atoms with E-state index in [0.29, 0.717) is 19.4 Å². The summed E-state index contributed by atoms with van der Waals surface area (Å²) < 4.78 is 5.92. The predicted octanol–water partition coefficient (Wildman–Crippen LogP) is 2.16. The van der Waals surface area contributed by atoms with E-state index in [1.54, 1.807) is 11.9 Å². The number of likely N-dealkylation sites (N-methyl/N-ethyl adjacent to an activating group) is 1. The third kappa shape index (κ3) is 5.61. The van der Waals surface area contributed by atoms with Gasteiger partial charge in [0, 0.05) is 31.6 Å². The average Bonchev–Trinajstić information content (AvgIpc) is 2.39. The van der Waals surface area contributed by atoms with Gasteiger partial charge in [-0.05, 0) is 30.5 Å². The van der Waals surface area contributed by atoms with Gasteiger partial charge in [-0.15, -0.1) is 0 Å². The Bertz CT molecular complexity index is 451. The monoisotopic (exact) mass is 343 g/mol. The highest BCUT2D eigenvalue weighted by Gasteiger charge is 2.13. The summed E-state index contributed by atoms with van der Waals surface area (Å²) in [6.07, 6.45) is 0.512. The Hall–Kier alpha value is -0.910. The molecule has 0 radical (unpaired) electrons. The summed E-state index contributed by atoms with van der Waals surface area (Å²) >= 11 is 3.46. The van der Waals surface area contributed by atoms with E-state index >= 15 is 0 Å². The van der Waals surface area contributed by atoms with Crippen molar-refractivity contribution in [3.63, 3.8) is 0 Å². The van der Waals surface area contributed by atoms with Crippen molar-refractivity contribution >= 4 is 21.8 Å². The van der Waals surface area contributed by atoms with Gasteiger partial charge in [-0.2, -0.15) is 0 Å². The molecule has 1 atom stereocenters. The van der Waals surface area contributed by atoms with Crippen molar-refractivity contribution in [2.24, 2.45) is 0 Å². The number of hydrogen-bond acceptors (Lipinski definition) is 3. The molecule has 0 fully saturated rings. The van der Waals surface area contributed by atoms with Gasteiger partial charge in [0.1, 0.15) is 0 Å². The fourth-order valence-corrected chi connectivity index (χ4v) is 2.21. The molecule has 1 unspecified atom stereocenters. The number of hydrogen-bond donors (Lipinski definition) is 1. The maximum absolute atomic E-state index is 12.0. The molecular formula is C15H22BrNO3. The van der Waals surface area contributed by atoms with E-state index in [1.807, 2.05) is 19.1 Å². The number of methoxy groups -OCH3 is 1. The van der Waals surface area contributed by atoms with Crippen LogP contribution in [0.3, 0.4) is 0 Å². The molecule has 1 amide bonds. The Morgan fingerprint density at radius 1 is 1.50 bits per heavy atom. The Labute approximate surface area is 128 Å². The van der Waals surface area contributed by atoms with Crippen LogP contribution in [0.15, 0.2) is 22.7 Å². The molecule has 0 saturated heterocycles. The first-order chi connectivity index (χ1) is 9.43. The van der Waals surface area contributed by atoms with Gasteiger partial charge in [0.2, 0.25) is 5.91 Å². The normalized spacial score (nSPS) is 12.2. The minimum absolute atomic E-state index is 0.0284. The molecule has 0 aliphatic carbocycles. The molecule has 1 N–H and O–H groups in total. The van der Waals surface area contributed by atoms with Gasteiger partial charge in [0.05, 0.1) is 12.7 Å². The number of benzene rings is 1. The zero-order valence-corrected chi connectivity index (χ0v) is 13.8. The van der Waals surface area contributed by atoms with Gasteiger partial charge >= 0.3 is 0 Å². The fraction of sp³-hybridized carbons (Fsp3) is 0.533. The molecule has 1 aromatic rings. The van der Waals surface area contributed by atoms with Crippen molar-refractivity contribution in [1.82, 2.24) is 4.90 Å². The lowest BCUT2D eigenvalue weighted by Gasteiger charge is -2.20. The van der Waals surface area contributed by atoms with E-state index in [2.05, 4.69) is 22.0 Å². The number of carbonyl (C=O) groups excluding carboxylic acids is 1. The van der Waals surface area contributed by atoms with E-state index in [-0.39, 0.29) is 12.5 Å². The number of carbonyl (C=O) groups is 1. The lowest BCUT2D eigenvalue weighted by molar-refractivity contribution is -0.131. The largest absolute Gasteiger partial charge is 0.389 e. The van der Waals surface area contributed by atoms with Gasteiger partial charge in [0.25, 0.3) is 0 Å². The molecule has 0 aliphatic rings. The molecule has 0 heterocycles. The highest BCUT2D eigenvalue weighted by molar-refractivity contribution is 9.10. The van der Waals surface area contributed by atoms with Crippen molar-refractivity contribution in [3.8, 4) is 0 Å². The Balaban J connectivity index is 2.44. The summed E-state index contributed by atoms with van der Waals surface area (Å²) in [6, 6.07) is 6.10. The third-order valence-corrected chi connectivity index (χ3v) is 4.01. The van der Waals surface area contributed by atoms with Gasteiger partial charge in [0.15, 0.2) is 0 Å². The Kier molecular flexibility index (Phi) is 7.19. The van der Waals surface area contributed by atoms with Crippen LogP contribution in [0.2, 0.25) is 0 Å². The maximum atomic E-state index is 12.0. The van der Waals surface area contributed by atoms with Crippen LogP contribution < -0.4 is 0 Å². The quantitative estimate of drug-likeness (QED) is 0.825. The summed E-state index contributed by atoms with van der Waals surface area (Å²) in [5, 5.41) is 9.60. The Morgan fingerprint density at radius 3 is 2.80 bits per heavy atom. The van der Waals surface area contributed by atoms with Crippen molar-refractivity contribution in [1.29, 1.82) is 0 Å². The zero-order chi connectivity index (χ0) is 15.1. The van der Waals surface area contributed by atoms with Crippen LogP contribution in [-0.2, 0) is 16.0 Å². The molecule has 0 aromatic heterocycles. The summed E-state index contributed by atoms with van der Waals surface area (Å²) in [5.41, 5.74) is 2.31. The van der Waals surface area contributed by atoms with Crippen LogP contribution in [0.5, 0.6) is 0 Å². The molecule has 4 nitrogen and oxygen atoms in total. The molecular weight excluding hydrogens is 322 g/mol. The second-order valence-electron chi connectivity index (χ2n) is 4.97. The number of aliphatic hydroxyl groups is 1. The second kappa shape index (κ2) is 8.39. The van der Waals surface area contributed by atoms with Crippen LogP contribution in [0.4, 0.5) is 0 Å². The zero-order valence-electron chi connectivity index (χ0n) is 12.2. The van der Waals surface area contributed by atoms with Gasteiger partial charge in [-0.25, -0.2) is 0 Å². The first-order valence-corrected chi connectivity index (χ1v) is 7.39. The molecule has 0 saturated carbocycles. The van der Waals surface area contributed by atoms with Gasteiger partial charge < -0.3 is 14.7 Å². The fourth-order valence-electron chi connectivity index (χ4n) is 1.97. The van der Waals surface area contributed by atoms with Crippen LogP contribution in [0.1, 0.15) is 17.5 Å². The number of amides is 1. The number of ether oxygens (including phenoxy) is 1. The summed E-state index contributed by atoms with van der Waals surface area (Å²) in [7, 11) is 3.23. The first kappa shape index (κ1) is 17.1. The first-order valence-electron chi connectivity index (χ1n) is 6.60. The number of halogens is 1. The van der Waals surface area contributed by atoms with E-state index in [4.69, 9.17) is 4.74 Å². The number of aryl methyl sites for hydroxylation is 2. The molecule has 0 bridgehead atoms. The summed E-state index contributed by atoms with van der Waals surface area (Å²) in [5.74, 6) is 0.0284. The SMILES string of the molecule is COCC(O)CN(C)C(=O)CCc1ccc(Br)c(C)c1. The van der Waals surface area contributed by atoms with Gasteiger partial charge in [-0.1, -0.05) is 28.1 Å². The lowest BCUT2D eigenvalue weighted by atomic mass is 10.1. The van der Waals surface area contributed by atoms with E-state index in [9.17, 15) is 9.90 Å². The van der Waals surface area contributed by atoms with Crippen LogP contribution in [-0.4, -0.2) is 49.3 Å². The maximum Gasteiger partial charge on any atom is 0.222 e. The van der Waals surface area contributed by atoms with Crippen LogP contribution >= 0.6 is 15.9 Å².